The van der Waals surface area contributed by atoms with Crippen LogP contribution in [-0.4, -0.2) is 41.5 Å². The van der Waals surface area contributed by atoms with Crippen molar-refractivity contribution >= 4 is 23.8 Å². The molecule has 1 atom stereocenters. The van der Waals surface area contributed by atoms with Gasteiger partial charge in [-0.3, -0.25) is 0 Å². The van der Waals surface area contributed by atoms with Crippen molar-refractivity contribution in [2.45, 2.75) is 118 Å². The molecule has 0 spiro atoms. The second-order valence-corrected chi connectivity index (χ2v) is 10.5. The van der Waals surface area contributed by atoms with Crippen LogP contribution >= 0.6 is 0 Å². The number of methoxy groups -OCH3 is 1. The molecular weight excluding hydrogens is 505 g/mol. The first-order valence-electron chi connectivity index (χ1n) is 12.8. The number of rotatable bonds is 7. The van der Waals surface area contributed by atoms with Crippen molar-refractivity contribution in [3.05, 3.63) is 23.0 Å². The maximum atomic E-state index is 14.2. The van der Waals surface area contributed by atoms with Crippen molar-refractivity contribution < 1.29 is 41.8 Å². The van der Waals surface area contributed by atoms with Gasteiger partial charge in [0.05, 0.1) is 24.1 Å². The number of pyridine rings is 1. The Morgan fingerprint density at radius 2 is 1.42 bits per heavy atom. The third kappa shape index (κ3) is 10.9. The molecule has 0 radical (unpaired) electrons. The molecule has 0 bridgehead atoms. The number of carbonyl (C=O) groups excluding carboxylic acids is 3. The highest BCUT2D eigenvalue weighted by atomic mass is 19.4. The zero-order valence-electron chi connectivity index (χ0n) is 24.5. The molecule has 0 aliphatic rings. The number of hydrogen-bond donors (Lipinski definition) is 0. The van der Waals surface area contributed by atoms with Crippen LogP contribution in [0.25, 0.3) is 0 Å². The van der Waals surface area contributed by atoms with E-state index in [1.165, 1.54) is 41.5 Å². The topological polar surface area (TPSA) is 95.0 Å². The fourth-order valence-electron chi connectivity index (χ4n) is 3.26. The Labute approximate surface area is 224 Å². The normalized spacial score (nSPS) is 12.6. The van der Waals surface area contributed by atoms with Gasteiger partial charge in [-0.05, 0) is 59.9 Å². The Morgan fingerprint density at radius 1 is 0.947 bits per heavy atom. The van der Waals surface area contributed by atoms with Crippen molar-refractivity contribution in [3.8, 4) is 0 Å². The number of amides is 2. The van der Waals surface area contributed by atoms with E-state index in [9.17, 15) is 27.6 Å². The second-order valence-electron chi connectivity index (χ2n) is 10.5. The third-order valence-electron chi connectivity index (χ3n) is 4.82. The minimum absolute atomic E-state index is 0.247. The molecule has 0 saturated carbocycles. The van der Waals surface area contributed by atoms with E-state index < -0.39 is 58.4 Å². The number of hydrogen-bond acceptors (Lipinski definition) is 7. The highest BCUT2D eigenvalue weighted by Crippen LogP contribution is 2.40. The molecule has 0 fully saturated rings. The van der Waals surface area contributed by atoms with Gasteiger partial charge in [-0.25, -0.2) is 19.4 Å². The summed E-state index contributed by atoms with van der Waals surface area (Å²) in [6.45, 7) is 16.6. The number of carbonyl (C=O) groups is 3. The maximum Gasteiger partial charge on any atom is 0.424 e. The molecular formula is C27H43F3N2O6. The van der Waals surface area contributed by atoms with E-state index in [1.54, 1.807) is 6.92 Å². The summed E-state index contributed by atoms with van der Waals surface area (Å²) < 4.78 is 57.8. The summed E-state index contributed by atoms with van der Waals surface area (Å²) >= 11 is 0. The summed E-state index contributed by atoms with van der Waals surface area (Å²) in [5.41, 5.74) is -5.17. The summed E-state index contributed by atoms with van der Waals surface area (Å²) in [7, 11) is 1.01. The largest absolute Gasteiger partial charge is 0.464 e. The highest BCUT2D eigenvalue weighted by molar-refractivity contribution is 6.13. The number of ether oxygens (including phenoxy) is 3. The lowest BCUT2D eigenvalue weighted by Gasteiger charge is -2.30. The van der Waals surface area contributed by atoms with Crippen LogP contribution in [-0.2, 0) is 20.4 Å². The van der Waals surface area contributed by atoms with Gasteiger partial charge < -0.3 is 14.2 Å². The lowest BCUT2D eigenvalue weighted by Crippen LogP contribution is -2.44. The van der Waals surface area contributed by atoms with E-state index in [0.29, 0.717) is 18.9 Å². The Balaban J connectivity index is 0.00000667. The molecule has 2 amide bonds. The number of aromatic nitrogens is 1. The van der Waals surface area contributed by atoms with Crippen molar-refractivity contribution in [1.29, 1.82) is 0 Å². The SMILES string of the molecule is CC.CCCCCC(C)c1nc(C(=O)OC)c(N(C(=O)OC(C)(C)C)C(=O)OC(C)(C)C)cc1C(F)(F)F. The molecule has 1 rings (SSSR count). The average molecular weight is 549 g/mol. The Hall–Kier alpha value is -2.85. The highest BCUT2D eigenvalue weighted by Gasteiger charge is 2.41. The molecule has 1 aromatic rings. The monoisotopic (exact) mass is 548 g/mol. The summed E-state index contributed by atoms with van der Waals surface area (Å²) in [6, 6.07) is 0.554. The van der Waals surface area contributed by atoms with Crippen LogP contribution in [0.15, 0.2) is 6.07 Å². The Morgan fingerprint density at radius 3 is 1.79 bits per heavy atom. The van der Waals surface area contributed by atoms with Gasteiger partial charge in [-0.15, -0.1) is 0 Å². The van der Waals surface area contributed by atoms with Crippen molar-refractivity contribution in [1.82, 2.24) is 4.98 Å². The summed E-state index contributed by atoms with van der Waals surface area (Å²) in [4.78, 5) is 43.0. The van der Waals surface area contributed by atoms with Gasteiger partial charge in [-0.2, -0.15) is 18.1 Å². The lowest BCUT2D eigenvalue weighted by atomic mass is 9.94. The quantitative estimate of drug-likeness (QED) is 0.192. The number of unbranched alkanes of at least 4 members (excludes halogenated alkanes) is 2. The van der Waals surface area contributed by atoms with E-state index in [2.05, 4.69) is 4.98 Å². The molecule has 1 unspecified atom stereocenters. The van der Waals surface area contributed by atoms with Crippen LogP contribution in [0.5, 0.6) is 0 Å². The smallest absolute Gasteiger partial charge is 0.424 e. The van der Waals surface area contributed by atoms with Gasteiger partial charge in [0.25, 0.3) is 0 Å². The van der Waals surface area contributed by atoms with Crippen molar-refractivity contribution in [3.63, 3.8) is 0 Å². The van der Waals surface area contributed by atoms with Gasteiger partial charge >= 0.3 is 24.3 Å². The maximum absolute atomic E-state index is 14.2. The lowest BCUT2D eigenvalue weighted by molar-refractivity contribution is -0.138. The van der Waals surface area contributed by atoms with E-state index in [1.807, 2.05) is 20.8 Å². The van der Waals surface area contributed by atoms with E-state index in [-0.39, 0.29) is 10.6 Å². The number of halogens is 3. The van der Waals surface area contributed by atoms with Crippen LogP contribution in [0.1, 0.15) is 123 Å². The van der Waals surface area contributed by atoms with Gasteiger partial charge in [0.15, 0.2) is 5.69 Å². The third-order valence-corrected chi connectivity index (χ3v) is 4.82. The van der Waals surface area contributed by atoms with Gasteiger partial charge in [0, 0.05) is 0 Å². The molecule has 8 nitrogen and oxygen atoms in total. The average Bonchev–Trinajstić information content (AvgIpc) is 2.76. The first-order valence-corrected chi connectivity index (χ1v) is 12.8. The number of anilines is 1. The first-order chi connectivity index (χ1) is 17.3. The molecule has 38 heavy (non-hydrogen) atoms. The van der Waals surface area contributed by atoms with Crippen LogP contribution in [0, 0.1) is 0 Å². The summed E-state index contributed by atoms with van der Waals surface area (Å²) in [5, 5.41) is 0. The molecule has 0 aliphatic heterocycles. The summed E-state index contributed by atoms with van der Waals surface area (Å²) in [6.07, 6.45) is -4.81. The van der Waals surface area contributed by atoms with Crippen molar-refractivity contribution in [2.75, 3.05) is 12.0 Å². The molecule has 1 heterocycles. The minimum atomic E-state index is -4.89. The fourth-order valence-corrected chi connectivity index (χ4v) is 3.26. The van der Waals surface area contributed by atoms with Gasteiger partial charge in [-0.1, -0.05) is 47.0 Å². The molecule has 218 valence electrons. The number of esters is 1. The number of imide groups is 1. The van der Waals surface area contributed by atoms with Gasteiger partial charge in [0.2, 0.25) is 0 Å². The van der Waals surface area contributed by atoms with E-state index in [0.717, 1.165) is 20.0 Å². The second kappa shape index (κ2) is 14.3. The molecule has 0 N–H and O–H groups in total. The molecule has 0 saturated heterocycles. The zero-order chi connectivity index (χ0) is 30.1. The molecule has 0 aliphatic carbocycles. The first kappa shape index (κ1) is 35.2. The molecule has 0 aromatic carbocycles. The zero-order valence-corrected chi connectivity index (χ0v) is 24.5. The standard InChI is InChI=1S/C25H37F3N2O6.C2H6/c1-10-11-12-13-15(2)18-16(25(26,27)28)14-17(19(29-18)20(31)34-9)30(21(32)35-23(3,4)5)22(33)36-24(6,7)8;1-2/h14-15H,10-13H2,1-9H3;1-2H3. The van der Waals surface area contributed by atoms with Crippen LogP contribution < -0.4 is 4.90 Å². The Kier molecular flexibility index (Phi) is 13.3. The van der Waals surface area contributed by atoms with Gasteiger partial charge in [0.1, 0.15) is 11.2 Å². The summed E-state index contributed by atoms with van der Waals surface area (Å²) in [5.74, 6) is -1.79. The molecule has 1 aromatic heterocycles. The number of nitrogens with zero attached hydrogens (tertiary/aromatic N) is 2. The minimum Gasteiger partial charge on any atom is -0.464 e. The molecule has 11 heteroatoms. The van der Waals surface area contributed by atoms with Crippen LogP contribution in [0.4, 0.5) is 28.4 Å². The van der Waals surface area contributed by atoms with Crippen LogP contribution in [0.3, 0.4) is 0 Å². The fraction of sp³-hybridized carbons (Fsp3) is 0.704. The Bertz CT molecular complexity index is 922. The number of alkyl halides is 3. The van der Waals surface area contributed by atoms with Crippen LogP contribution in [0.2, 0.25) is 0 Å². The van der Waals surface area contributed by atoms with Crippen molar-refractivity contribution in [2.24, 2.45) is 0 Å². The van der Waals surface area contributed by atoms with E-state index >= 15 is 0 Å². The van der Waals surface area contributed by atoms with E-state index in [4.69, 9.17) is 14.2 Å². The predicted octanol–water partition coefficient (Wildman–Crippen LogP) is 8.27. The predicted molar refractivity (Wildman–Crippen MR) is 139 cm³/mol.